The average Bonchev–Trinajstić information content (AvgIpc) is 3.14. The van der Waals surface area contributed by atoms with E-state index < -0.39 is 0 Å². The summed E-state index contributed by atoms with van der Waals surface area (Å²) in [5.41, 5.74) is 0. The van der Waals surface area contributed by atoms with E-state index in [1.807, 2.05) is 18.2 Å². The summed E-state index contributed by atoms with van der Waals surface area (Å²) in [4.78, 5) is 7.11. The second-order valence-electron chi connectivity index (χ2n) is 7.13. The summed E-state index contributed by atoms with van der Waals surface area (Å²) in [5, 5.41) is 8.71. The molecule has 2 aliphatic heterocycles. The molecule has 25 heavy (non-hydrogen) atoms. The summed E-state index contributed by atoms with van der Waals surface area (Å²) in [6.07, 6.45) is 6.65. The molecular formula is C19H31N5O. The van der Waals surface area contributed by atoms with Crippen molar-refractivity contribution in [2.75, 3.05) is 57.8 Å². The molecule has 1 aromatic rings. The topological polar surface area (TPSA) is 44.7 Å². The lowest BCUT2D eigenvalue weighted by Gasteiger charge is -2.32. The van der Waals surface area contributed by atoms with Crippen molar-refractivity contribution in [1.82, 2.24) is 20.0 Å². The van der Waals surface area contributed by atoms with Crippen molar-refractivity contribution in [3.63, 3.8) is 0 Å². The highest BCUT2D eigenvalue weighted by atomic mass is 16.5. The Morgan fingerprint density at radius 2 is 1.88 bits per heavy atom. The van der Waals surface area contributed by atoms with Crippen LogP contribution in [0.3, 0.4) is 0 Å². The van der Waals surface area contributed by atoms with E-state index in [0.717, 1.165) is 51.4 Å². The van der Waals surface area contributed by atoms with Crippen LogP contribution in [-0.2, 0) is 0 Å². The van der Waals surface area contributed by atoms with Gasteiger partial charge in [0.05, 0.1) is 0 Å². The fourth-order valence-corrected chi connectivity index (χ4v) is 3.50. The van der Waals surface area contributed by atoms with Crippen LogP contribution in [0.25, 0.3) is 0 Å². The SMILES string of the molecule is C=CCCC(CN1CCCC1)Oc1ccc(N2CCN(C)CC2)nn1. The Balaban J connectivity index is 1.56. The molecule has 0 spiro atoms. The second-order valence-corrected chi connectivity index (χ2v) is 7.13. The van der Waals surface area contributed by atoms with Crippen molar-refractivity contribution >= 4 is 5.82 Å². The smallest absolute Gasteiger partial charge is 0.233 e. The summed E-state index contributed by atoms with van der Waals surface area (Å²) in [5.74, 6) is 1.58. The molecular weight excluding hydrogens is 314 g/mol. The zero-order valence-corrected chi connectivity index (χ0v) is 15.4. The van der Waals surface area contributed by atoms with E-state index in [1.165, 1.54) is 25.9 Å². The van der Waals surface area contributed by atoms with E-state index in [4.69, 9.17) is 4.74 Å². The van der Waals surface area contributed by atoms with Gasteiger partial charge in [0, 0.05) is 38.8 Å². The summed E-state index contributed by atoms with van der Waals surface area (Å²) in [6, 6.07) is 4.00. The Morgan fingerprint density at radius 1 is 1.12 bits per heavy atom. The molecule has 6 heteroatoms. The highest BCUT2D eigenvalue weighted by Crippen LogP contribution is 2.18. The average molecular weight is 345 g/mol. The monoisotopic (exact) mass is 345 g/mol. The molecule has 1 aromatic heterocycles. The van der Waals surface area contributed by atoms with Crippen molar-refractivity contribution in [1.29, 1.82) is 0 Å². The molecule has 0 bridgehead atoms. The minimum absolute atomic E-state index is 0.153. The van der Waals surface area contributed by atoms with Crippen LogP contribution in [-0.4, -0.2) is 79.0 Å². The molecule has 2 saturated heterocycles. The number of allylic oxidation sites excluding steroid dienone is 1. The number of nitrogens with zero attached hydrogens (tertiary/aromatic N) is 5. The number of ether oxygens (including phenoxy) is 1. The first-order valence-corrected chi connectivity index (χ1v) is 9.52. The molecule has 3 rings (SSSR count). The predicted molar refractivity (Wildman–Crippen MR) is 101 cm³/mol. The van der Waals surface area contributed by atoms with Gasteiger partial charge in [0.15, 0.2) is 5.82 Å². The number of anilines is 1. The predicted octanol–water partition coefficient (Wildman–Crippen LogP) is 2.04. The highest BCUT2D eigenvalue weighted by molar-refractivity contribution is 5.38. The van der Waals surface area contributed by atoms with Gasteiger partial charge < -0.3 is 14.5 Å². The number of hydrogen-bond acceptors (Lipinski definition) is 6. The molecule has 0 aliphatic carbocycles. The first-order chi connectivity index (χ1) is 12.2. The fourth-order valence-electron chi connectivity index (χ4n) is 3.50. The third-order valence-corrected chi connectivity index (χ3v) is 5.09. The summed E-state index contributed by atoms with van der Waals surface area (Å²) >= 11 is 0. The molecule has 138 valence electrons. The molecule has 0 saturated carbocycles. The van der Waals surface area contributed by atoms with Gasteiger partial charge in [-0.15, -0.1) is 16.8 Å². The second kappa shape index (κ2) is 9.15. The fraction of sp³-hybridized carbons (Fsp3) is 0.684. The third kappa shape index (κ3) is 5.41. The van der Waals surface area contributed by atoms with Crippen molar-refractivity contribution in [2.24, 2.45) is 0 Å². The molecule has 0 radical (unpaired) electrons. The van der Waals surface area contributed by atoms with Crippen LogP contribution in [0, 0.1) is 0 Å². The standard InChI is InChI=1S/C19H31N5O/c1-3-4-7-17(16-23-10-5-6-11-23)25-19-9-8-18(20-21-19)24-14-12-22(2)13-15-24/h3,8-9,17H,1,4-7,10-16H2,2H3. The number of rotatable bonds is 8. The van der Waals surface area contributed by atoms with Gasteiger partial charge in [0.2, 0.25) is 5.88 Å². The van der Waals surface area contributed by atoms with Gasteiger partial charge in [-0.25, -0.2) is 0 Å². The van der Waals surface area contributed by atoms with E-state index in [9.17, 15) is 0 Å². The van der Waals surface area contributed by atoms with Crippen molar-refractivity contribution in [2.45, 2.75) is 31.8 Å². The summed E-state index contributed by atoms with van der Waals surface area (Å²) < 4.78 is 6.15. The van der Waals surface area contributed by atoms with Crippen LogP contribution in [0.5, 0.6) is 5.88 Å². The zero-order chi connectivity index (χ0) is 17.5. The zero-order valence-electron chi connectivity index (χ0n) is 15.4. The number of likely N-dealkylation sites (N-methyl/N-ethyl adjacent to an activating group) is 1. The molecule has 0 aromatic carbocycles. The van der Waals surface area contributed by atoms with E-state index in [2.05, 4.69) is 38.5 Å². The molecule has 1 unspecified atom stereocenters. The Kier molecular flexibility index (Phi) is 6.64. The maximum atomic E-state index is 6.15. The lowest BCUT2D eigenvalue weighted by molar-refractivity contribution is 0.133. The maximum Gasteiger partial charge on any atom is 0.233 e. The van der Waals surface area contributed by atoms with E-state index >= 15 is 0 Å². The van der Waals surface area contributed by atoms with Gasteiger partial charge in [0.1, 0.15) is 6.10 Å². The Hall–Kier alpha value is -1.66. The number of likely N-dealkylation sites (tertiary alicyclic amines) is 1. The first-order valence-electron chi connectivity index (χ1n) is 9.52. The van der Waals surface area contributed by atoms with Gasteiger partial charge in [-0.1, -0.05) is 6.08 Å². The van der Waals surface area contributed by atoms with Crippen LogP contribution in [0.15, 0.2) is 24.8 Å². The molecule has 3 heterocycles. The normalized spacial score (nSPS) is 20.6. The van der Waals surface area contributed by atoms with E-state index in [-0.39, 0.29) is 6.10 Å². The lowest BCUT2D eigenvalue weighted by Crippen LogP contribution is -2.44. The molecule has 0 amide bonds. The molecule has 2 aliphatic rings. The quantitative estimate of drug-likeness (QED) is 0.672. The Bertz CT molecular complexity index is 521. The first kappa shape index (κ1) is 18.1. The van der Waals surface area contributed by atoms with Crippen LogP contribution in [0.4, 0.5) is 5.82 Å². The molecule has 2 fully saturated rings. The molecule has 0 N–H and O–H groups in total. The Labute approximate surface area is 151 Å². The van der Waals surface area contributed by atoms with Gasteiger partial charge in [-0.2, -0.15) is 0 Å². The van der Waals surface area contributed by atoms with Gasteiger partial charge in [0.25, 0.3) is 0 Å². The van der Waals surface area contributed by atoms with Gasteiger partial charge >= 0.3 is 0 Å². The highest BCUT2D eigenvalue weighted by Gasteiger charge is 2.20. The largest absolute Gasteiger partial charge is 0.472 e. The lowest BCUT2D eigenvalue weighted by atomic mass is 10.2. The minimum Gasteiger partial charge on any atom is -0.472 e. The number of hydrogen-bond donors (Lipinski definition) is 0. The van der Waals surface area contributed by atoms with E-state index in [1.54, 1.807) is 0 Å². The number of piperazine rings is 1. The van der Waals surface area contributed by atoms with Crippen molar-refractivity contribution in [3.8, 4) is 5.88 Å². The van der Waals surface area contributed by atoms with Crippen molar-refractivity contribution < 1.29 is 4.74 Å². The Morgan fingerprint density at radius 3 is 2.52 bits per heavy atom. The maximum absolute atomic E-state index is 6.15. The summed E-state index contributed by atoms with van der Waals surface area (Å²) in [6.45, 7) is 11.3. The van der Waals surface area contributed by atoms with E-state index in [0.29, 0.717) is 5.88 Å². The van der Waals surface area contributed by atoms with Gasteiger partial charge in [-0.3, -0.25) is 4.90 Å². The molecule has 1 atom stereocenters. The minimum atomic E-state index is 0.153. The molecule has 6 nitrogen and oxygen atoms in total. The van der Waals surface area contributed by atoms with Crippen LogP contribution in [0.2, 0.25) is 0 Å². The van der Waals surface area contributed by atoms with Crippen LogP contribution < -0.4 is 9.64 Å². The van der Waals surface area contributed by atoms with Crippen LogP contribution in [0.1, 0.15) is 25.7 Å². The number of aromatic nitrogens is 2. The van der Waals surface area contributed by atoms with Gasteiger partial charge in [-0.05, 0) is 51.9 Å². The third-order valence-electron chi connectivity index (χ3n) is 5.09. The van der Waals surface area contributed by atoms with Crippen LogP contribution >= 0.6 is 0 Å². The summed E-state index contributed by atoms with van der Waals surface area (Å²) in [7, 11) is 2.16. The van der Waals surface area contributed by atoms with Crippen molar-refractivity contribution in [3.05, 3.63) is 24.8 Å².